The molecular formula is C25H30F3N3S. The minimum atomic E-state index is -4.36. The first kappa shape index (κ1) is 22.0. The summed E-state index contributed by atoms with van der Waals surface area (Å²) in [5.41, 5.74) is 9.50. The van der Waals surface area contributed by atoms with Crippen LogP contribution in [0.15, 0.2) is 40.1 Å². The minimum absolute atomic E-state index is 0.207. The molecule has 32 heavy (non-hydrogen) atoms. The summed E-state index contributed by atoms with van der Waals surface area (Å²) in [4.78, 5) is 4.16. The Bertz CT molecular complexity index is 985. The molecular weight excluding hydrogens is 431 g/mol. The van der Waals surface area contributed by atoms with E-state index in [9.17, 15) is 13.2 Å². The number of alkyl halides is 3. The highest BCUT2D eigenvalue weighted by Crippen LogP contribution is 2.46. The van der Waals surface area contributed by atoms with Crippen LogP contribution < -0.4 is 16.0 Å². The molecule has 7 heteroatoms. The Morgan fingerprint density at radius 2 is 1.84 bits per heavy atom. The topological polar surface area (TPSA) is 41.3 Å². The molecule has 0 spiro atoms. The van der Waals surface area contributed by atoms with Crippen molar-refractivity contribution < 1.29 is 13.2 Å². The Labute approximate surface area is 191 Å². The Hall–Kier alpha value is -1.86. The average molecular weight is 462 g/mol. The van der Waals surface area contributed by atoms with Crippen molar-refractivity contribution in [2.45, 2.75) is 67.0 Å². The molecule has 2 aromatic carbocycles. The second-order valence-electron chi connectivity index (χ2n) is 9.44. The lowest BCUT2D eigenvalue weighted by Gasteiger charge is -2.29. The maximum absolute atomic E-state index is 13.7. The van der Waals surface area contributed by atoms with Gasteiger partial charge in [-0.3, -0.25) is 0 Å². The van der Waals surface area contributed by atoms with E-state index in [1.807, 2.05) is 0 Å². The summed E-state index contributed by atoms with van der Waals surface area (Å²) >= 11 is 1.48. The standard InChI is InChI=1S/C25H30F3N3S/c26-25(27,28)18-12-22(30-15-16-4-3-5-19(29)10-16)21-11-17-6-7-20(31-8-1-2-9-31)14-23(17)32-24(21)13-18/h6-7,12-14,16,19,30H,1-5,8-11,15,29H2. The summed E-state index contributed by atoms with van der Waals surface area (Å²) in [7, 11) is 0. The van der Waals surface area contributed by atoms with Gasteiger partial charge in [-0.05, 0) is 73.4 Å². The predicted molar refractivity (Wildman–Crippen MR) is 125 cm³/mol. The van der Waals surface area contributed by atoms with E-state index in [1.54, 1.807) is 0 Å². The van der Waals surface area contributed by atoms with Gasteiger partial charge in [0.25, 0.3) is 0 Å². The lowest BCUT2D eigenvalue weighted by atomic mass is 9.86. The zero-order valence-electron chi connectivity index (χ0n) is 18.2. The molecule has 1 saturated carbocycles. The largest absolute Gasteiger partial charge is 0.416 e. The van der Waals surface area contributed by atoms with Gasteiger partial charge < -0.3 is 16.0 Å². The molecule has 0 amide bonds. The van der Waals surface area contributed by atoms with Crippen molar-refractivity contribution in [3.8, 4) is 0 Å². The number of anilines is 2. The third kappa shape index (κ3) is 4.60. The second kappa shape index (κ2) is 8.82. The third-order valence-electron chi connectivity index (χ3n) is 7.05. The Balaban J connectivity index is 1.43. The van der Waals surface area contributed by atoms with Gasteiger partial charge in [0.05, 0.1) is 5.56 Å². The first-order chi connectivity index (χ1) is 15.4. The molecule has 1 aliphatic carbocycles. The lowest BCUT2D eigenvalue weighted by Crippen LogP contribution is -2.31. The number of hydrogen-bond acceptors (Lipinski definition) is 4. The smallest absolute Gasteiger partial charge is 0.384 e. The second-order valence-corrected chi connectivity index (χ2v) is 10.5. The third-order valence-corrected chi connectivity index (χ3v) is 8.23. The fourth-order valence-electron chi connectivity index (χ4n) is 5.28. The molecule has 2 unspecified atom stereocenters. The first-order valence-electron chi connectivity index (χ1n) is 11.7. The van der Waals surface area contributed by atoms with Crippen LogP contribution in [0.2, 0.25) is 0 Å². The summed E-state index contributed by atoms with van der Waals surface area (Å²) in [6.45, 7) is 2.78. The number of hydrogen-bond donors (Lipinski definition) is 2. The van der Waals surface area contributed by atoms with Gasteiger partial charge in [-0.2, -0.15) is 13.2 Å². The fraction of sp³-hybridized carbons (Fsp3) is 0.520. The van der Waals surface area contributed by atoms with E-state index in [0.717, 1.165) is 49.2 Å². The van der Waals surface area contributed by atoms with Gasteiger partial charge in [-0.15, -0.1) is 0 Å². The van der Waals surface area contributed by atoms with Crippen molar-refractivity contribution >= 4 is 23.1 Å². The molecule has 172 valence electrons. The number of nitrogens with zero attached hydrogens (tertiary/aromatic N) is 1. The highest BCUT2D eigenvalue weighted by atomic mass is 32.2. The molecule has 1 saturated heterocycles. The summed E-state index contributed by atoms with van der Waals surface area (Å²) in [5, 5.41) is 3.39. The van der Waals surface area contributed by atoms with E-state index in [1.165, 1.54) is 48.0 Å². The van der Waals surface area contributed by atoms with E-state index >= 15 is 0 Å². The monoisotopic (exact) mass is 461 g/mol. The van der Waals surface area contributed by atoms with Crippen molar-refractivity contribution in [1.82, 2.24) is 0 Å². The van der Waals surface area contributed by atoms with Gasteiger partial charge in [0.1, 0.15) is 0 Å². The highest BCUT2D eigenvalue weighted by Gasteiger charge is 2.33. The van der Waals surface area contributed by atoms with Crippen LogP contribution in [0, 0.1) is 5.92 Å². The van der Waals surface area contributed by atoms with Gasteiger partial charge in [-0.25, -0.2) is 0 Å². The van der Waals surface area contributed by atoms with E-state index in [2.05, 4.69) is 28.4 Å². The molecule has 2 fully saturated rings. The molecule has 2 aliphatic heterocycles. The van der Waals surface area contributed by atoms with Crippen LogP contribution in [0.4, 0.5) is 24.5 Å². The maximum Gasteiger partial charge on any atom is 0.416 e. The van der Waals surface area contributed by atoms with Gasteiger partial charge in [0.2, 0.25) is 0 Å². The molecule has 0 bridgehead atoms. The molecule has 5 rings (SSSR count). The number of benzene rings is 2. The first-order valence-corrected chi connectivity index (χ1v) is 12.5. The van der Waals surface area contributed by atoms with Crippen molar-refractivity contribution in [1.29, 1.82) is 0 Å². The maximum atomic E-state index is 13.7. The van der Waals surface area contributed by atoms with Crippen LogP contribution in [0.3, 0.4) is 0 Å². The van der Waals surface area contributed by atoms with Gasteiger partial charge in [0, 0.05) is 53.3 Å². The SMILES string of the molecule is NC1CCCC(CNc2cc(C(F)(F)F)cc3c2Cc2ccc(N4CCCC4)cc2S3)C1. The van der Waals surface area contributed by atoms with Crippen molar-refractivity contribution in [2.75, 3.05) is 29.9 Å². The lowest BCUT2D eigenvalue weighted by molar-refractivity contribution is -0.137. The molecule has 0 radical (unpaired) electrons. The van der Waals surface area contributed by atoms with Crippen LogP contribution >= 0.6 is 11.8 Å². The van der Waals surface area contributed by atoms with E-state index < -0.39 is 11.7 Å². The zero-order chi connectivity index (χ0) is 22.3. The molecule has 3 N–H and O–H groups in total. The summed E-state index contributed by atoms with van der Waals surface area (Å²) in [6.07, 6.45) is 2.84. The van der Waals surface area contributed by atoms with E-state index in [0.29, 0.717) is 29.5 Å². The van der Waals surface area contributed by atoms with Crippen LogP contribution in [0.1, 0.15) is 55.2 Å². The molecule has 2 atom stereocenters. The minimum Gasteiger partial charge on any atom is -0.384 e. The molecule has 2 aromatic rings. The van der Waals surface area contributed by atoms with E-state index in [-0.39, 0.29) is 6.04 Å². The number of fused-ring (bicyclic) bond motifs is 2. The van der Waals surface area contributed by atoms with Crippen LogP contribution in [-0.4, -0.2) is 25.7 Å². The number of nitrogens with one attached hydrogen (secondary N) is 1. The number of nitrogens with two attached hydrogens (primary N) is 1. The molecule has 3 aliphatic rings. The zero-order valence-corrected chi connectivity index (χ0v) is 19.0. The Morgan fingerprint density at radius 1 is 1.03 bits per heavy atom. The fourth-order valence-corrected chi connectivity index (χ4v) is 6.46. The summed E-state index contributed by atoms with van der Waals surface area (Å²) < 4.78 is 41.1. The number of halogens is 3. The quantitative estimate of drug-likeness (QED) is 0.479. The average Bonchev–Trinajstić information content (AvgIpc) is 3.30. The van der Waals surface area contributed by atoms with Crippen molar-refractivity contribution in [2.24, 2.45) is 11.7 Å². The molecule has 0 aromatic heterocycles. The normalized spacial score (nSPS) is 23.1. The molecule has 3 nitrogen and oxygen atoms in total. The van der Waals surface area contributed by atoms with Crippen LogP contribution in [0.5, 0.6) is 0 Å². The Kier molecular flexibility index (Phi) is 6.05. The van der Waals surface area contributed by atoms with Gasteiger partial charge >= 0.3 is 6.18 Å². The Morgan fingerprint density at radius 3 is 2.59 bits per heavy atom. The van der Waals surface area contributed by atoms with Crippen LogP contribution in [-0.2, 0) is 12.6 Å². The predicted octanol–water partition coefficient (Wildman–Crippen LogP) is 6.29. The summed E-state index contributed by atoms with van der Waals surface area (Å²) in [6, 6.07) is 9.30. The van der Waals surface area contributed by atoms with Crippen molar-refractivity contribution in [3.63, 3.8) is 0 Å². The van der Waals surface area contributed by atoms with Crippen molar-refractivity contribution in [3.05, 3.63) is 47.0 Å². The van der Waals surface area contributed by atoms with E-state index in [4.69, 9.17) is 5.73 Å². The highest BCUT2D eigenvalue weighted by molar-refractivity contribution is 7.99. The molecule has 2 heterocycles. The number of rotatable bonds is 4. The van der Waals surface area contributed by atoms with Gasteiger partial charge in [-0.1, -0.05) is 24.2 Å². The van der Waals surface area contributed by atoms with Crippen LogP contribution in [0.25, 0.3) is 0 Å². The van der Waals surface area contributed by atoms with Gasteiger partial charge in [0.15, 0.2) is 0 Å². The summed E-state index contributed by atoms with van der Waals surface area (Å²) in [5.74, 6) is 0.412.